The summed E-state index contributed by atoms with van der Waals surface area (Å²) in [7, 11) is 0. The molecule has 0 amide bonds. The average molecular weight is 387 g/mol. The van der Waals surface area contributed by atoms with Crippen molar-refractivity contribution >= 4 is 24.6 Å². The molecule has 4 rings (SSSR count). The Hall–Kier alpha value is -2.37. The number of oxime groups is 1. The molecule has 0 bridgehead atoms. The smallest absolute Gasteiger partial charge is 0.307 e. The monoisotopic (exact) mass is 386 g/mol. The number of fused-ring (bicyclic) bond motifs is 3. The molecule has 27 heavy (non-hydrogen) atoms. The molecule has 142 valence electrons. The van der Waals surface area contributed by atoms with E-state index in [2.05, 4.69) is 59.0 Å². The van der Waals surface area contributed by atoms with Crippen molar-refractivity contribution in [3.05, 3.63) is 59.7 Å². The van der Waals surface area contributed by atoms with E-state index < -0.39 is 5.97 Å². The van der Waals surface area contributed by atoms with Crippen LogP contribution in [0.2, 0.25) is 0 Å². The number of hydrogen-bond donors (Lipinski definition) is 2. The van der Waals surface area contributed by atoms with Gasteiger partial charge in [0.05, 0.1) is 12.1 Å². The maximum absolute atomic E-state index is 11.0. The van der Waals surface area contributed by atoms with E-state index in [0.717, 1.165) is 6.42 Å². The highest BCUT2D eigenvalue weighted by atomic mass is 35.5. The van der Waals surface area contributed by atoms with Gasteiger partial charge in [0.25, 0.3) is 0 Å². The van der Waals surface area contributed by atoms with Gasteiger partial charge in [-0.15, -0.1) is 12.4 Å². The van der Waals surface area contributed by atoms with Gasteiger partial charge in [-0.25, -0.2) is 0 Å². The first-order chi connectivity index (χ1) is 12.7. The third-order valence-corrected chi connectivity index (χ3v) is 5.31. The predicted octanol–water partition coefficient (Wildman–Crippen LogP) is 3.68. The lowest BCUT2D eigenvalue weighted by Gasteiger charge is -2.26. The van der Waals surface area contributed by atoms with Gasteiger partial charge in [-0.3, -0.25) is 4.79 Å². The van der Waals surface area contributed by atoms with Crippen LogP contribution in [0.4, 0.5) is 0 Å². The lowest BCUT2D eigenvalue weighted by molar-refractivity contribution is -0.142. The van der Waals surface area contributed by atoms with Gasteiger partial charge < -0.3 is 15.3 Å². The fourth-order valence-electron chi connectivity index (χ4n) is 3.86. The van der Waals surface area contributed by atoms with Crippen molar-refractivity contribution < 1.29 is 14.7 Å². The summed E-state index contributed by atoms with van der Waals surface area (Å²) in [6.45, 7) is 0.954. The number of piperidine rings is 1. The molecule has 1 heterocycles. The van der Waals surface area contributed by atoms with Crippen LogP contribution in [0.5, 0.6) is 0 Å². The second kappa shape index (κ2) is 8.55. The van der Waals surface area contributed by atoms with E-state index in [9.17, 15) is 4.79 Å². The lowest BCUT2D eigenvalue weighted by atomic mass is 9.95. The van der Waals surface area contributed by atoms with Crippen LogP contribution in [0.3, 0.4) is 0 Å². The SMILES string of the molecule is Cl.O=C(O)[C@@H]1CC[C@@H](CO/N=C/C2c3ccccc3-c3ccccc32)NC1. The quantitative estimate of drug-likeness (QED) is 0.607. The standard InChI is InChI=1S/C21H22N2O3.ClH/c24-21(25)14-9-10-15(22-11-14)13-26-23-12-20-18-7-3-1-5-16(18)17-6-2-4-8-19(17)20;/h1-8,12,14-15,20,22H,9-11,13H2,(H,24,25);1H/b23-12+;/t14-,15+;/m1./s1. The average Bonchev–Trinajstić information content (AvgIpc) is 3.00. The molecule has 0 unspecified atom stereocenters. The maximum Gasteiger partial charge on any atom is 0.307 e. The highest BCUT2D eigenvalue weighted by Crippen LogP contribution is 2.43. The fraction of sp³-hybridized carbons (Fsp3) is 0.333. The van der Waals surface area contributed by atoms with Crippen molar-refractivity contribution in [2.24, 2.45) is 11.1 Å². The molecule has 2 N–H and O–H groups in total. The van der Waals surface area contributed by atoms with Crippen LogP contribution in [0.25, 0.3) is 11.1 Å². The Labute approximate surface area is 164 Å². The Bertz CT molecular complexity index is 786. The summed E-state index contributed by atoms with van der Waals surface area (Å²) in [5.74, 6) is -0.909. The van der Waals surface area contributed by atoms with Crippen molar-refractivity contribution in [2.75, 3.05) is 13.2 Å². The number of benzene rings is 2. The van der Waals surface area contributed by atoms with Crippen molar-refractivity contribution in [3.63, 3.8) is 0 Å². The van der Waals surface area contributed by atoms with Crippen molar-refractivity contribution in [1.29, 1.82) is 0 Å². The first-order valence-electron chi connectivity index (χ1n) is 9.04. The molecule has 0 spiro atoms. The van der Waals surface area contributed by atoms with Gasteiger partial charge in [0.2, 0.25) is 0 Å². The minimum atomic E-state index is -0.728. The van der Waals surface area contributed by atoms with E-state index in [1.165, 1.54) is 22.3 Å². The van der Waals surface area contributed by atoms with Crippen LogP contribution in [0.1, 0.15) is 29.9 Å². The Morgan fingerprint density at radius 1 is 1.11 bits per heavy atom. The first-order valence-corrected chi connectivity index (χ1v) is 9.04. The molecule has 2 atom stereocenters. The van der Waals surface area contributed by atoms with Gasteiger partial charge in [-0.2, -0.15) is 0 Å². The number of rotatable bonds is 5. The van der Waals surface area contributed by atoms with Gasteiger partial charge in [0.15, 0.2) is 0 Å². The van der Waals surface area contributed by atoms with E-state index in [1.54, 1.807) is 0 Å². The fourth-order valence-corrected chi connectivity index (χ4v) is 3.86. The van der Waals surface area contributed by atoms with Crippen LogP contribution in [-0.4, -0.2) is 36.5 Å². The van der Waals surface area contributed by atoms with Crippen LogP contribution in [-0.2, 0) is 9.63 Å². The molecule has 2 aromatic carbocycles. The third kappa shape index (κ3) is 3.99. The van der Waals surface area contributed by atoms with Crippen molar-refractivity contribution in [2.45, 2.75) is 24.8 Å². The minimum absolute atomic E-state index is 0. The topological polar surface area (TPSA) is 70.9 Å². The molecular formula is C21H23ClN2O3. The van der Waals surface area contributed by atoms with E-state index in [0.29, 0.717) is 19.6 Å². The number of halogens is 1. The van der Waals surface area contributed by atoms with E-state index in [-0.39, 0.29) is 30.3 Å². The molecule has 6 heteroatoms. The first kappa shape index (κ1) is 19.4. The molecule has 0 radical (unpaired) electrons. The van der Waals surface area contributed by atoms with E-state index >= 15 is 0 Å². The van der Waals surface area contributed by atoms with Crippen molar-refractivity contribution in [1.82, 2.24) is 5.32 Å². The molecule has 1 aliphatic carbocycles. The number of hydrogen-bond acceptors (Lipinski definition) is 4. The molecule has 2 aliphatic rings. The number of carbonyl (C=O) groups is 1. The summed E-state index contributed by atoms with van der Waals surface area (Å²) < 4.78 is 0. The van der Waals surface area contributed by atoms with Crippen LogP contribution in [0, 0.1) is 5.92 Å². The van der Waals surface area contributed by atoms with Crippen molar-refractivity contribution in [3.8, 4) is 11.1 Å². The Morgan fingerprint density at radius 3 is 2.30 bits per heavy atom. The number of nitrogens with one attached hydrogen (secondary N) is 1. The largest absolute Gasteiger partial charge is 0.481 e. The molecular weight excluding hydrogens is 364 g/mol. The molecule has 1 fully saturated rings. The van der Waals surface area contributed by atoms with E-state index in [4.69, 9.17) is 9.94 Å². The number of carboxylic acid groups (broad SMARTS) is 1. The molecule has 5 nitrogen and oxygen atoms in total. The highest BCUT2D eigenvalue weighted by Gasteiger charge is 2.27. The zero-order chi connectivity index (χ0) is 17.9. The summed E-state index contributed by atoms with van der Waals surface area (Å²) in [5.41, 5.74) is 5.02. The highest BCUT2D eigenvalue weighted by molar-refractivity contribution is 5.89. The van der Waals surface area contributed by atoms with Crippen LogP contribution >= 0.6 is 12.4 Å². The molecule has 0 aromatic heterocycles. The van der Waals surface area contributed by atoms with Gasteiger partial charge in [-0.05, 0) is 35.1 Å². The maximum atomic E-state index is 11.0. The third-order valence-electron chi connectivity index (χ3n) is 5.31. The Balaban J connectivity index is 0.00000210. The van der Waals surface area contributed by atoms with Gasteiger partial charge in [0, 0.05) is 18.5 Å². The summed E-state index contributed by atoms with van der Waals surface area (Å²) in [4.78, 5) is 16.5. The van der Waals surface area contributed by atoms with Crippen LogP contribution in [0.15, 0.2) is 53.7 Å². The minimum Gasteiger partial charge on any atom is -0.481 e. The Morgan fingerprint density at radius 2 is 1.74 bits per heavy atom. The number of nitrogens with zero attached hydrogens (tertiary/aromatic N) is 1. The predicted molar refractivity (Wildman–Crippen MR) is 108 cm³/mol. The summed E-state index contributed by atoms with van der Waals surface area (Å²) >= 11 is 0. The van der Waals surface area contributed by atoms with Crippen LogP contribution < -0.4 is 5.32 Å². The number of aliphatic carboxylic acids is 1. The molecule has 1 aliphatic heterocycles. The molecule has 1 saturated heterocycles. The van der Waals surface area contributed by atoms with E-state index in [1.807, 2.05) is 6.21 Å². The summed E-state index contributed by atoms with van der Waals surface area (Å²) in [6.07, 6.45) is 3.35. The lowest BCUT2D eigenvalue weighted by Crippen LogP contribution is -2.43. The second-order valence-corrected chi connectivity index (χ2v) is 6.92. The zero-order valence-corrected chi connectivity index (χ0v) is 15.7. The Kier molecular flexibility index (Phi) is 6.14. The number of carboxylic acids is 1. The van der Waals surface area contributed by atoms with Gasteiger partial charge >= 0.3 is 5.97 Å². The molecule has 2 aromatic rings. The summed E-state index contributed by atoms with van der Waals surface area (Å²) in [6, 6.07) is 17.0. The molecule has 0 saturated carbocycles. The second-order valence-electron chi connectivity index (χ2n) is 6.92. The van der Waals surface area contributed by atoms with Gasteiger partial charge in [0.1, 0.15) is 6.61 Å². The summed E-state index contributed by atoms with van der Waals surface area (Å²) in [5, 5.41) is 16.5. The normalized spacial score (nSPS) is 21.3. The zero-order valence-electron chi connectivity index (χ0n) is 14.9. The van der Waals surface area contributed by atoms with Gasteiger partial charge in [-0.1, -0.05) is 53.7 Å².